The number of aliphatic hydroxyl groups excluding tert-OH is 1. The predicted octanol–water partition coefficient (Wildman–Crippen LogP) is 2.88. The van der Waals surface area contributed by atoms with Crippen molar-refractivity contribution in [2.45, 2.75) is 25.5 Å². The topological polar surface area (TPSA) is 68.9 Å². The van der Waals surface area contributed by atoms with Crippen molar-refractivity contribution in [3.05, 3.63) is 59.8 Å². The number of nitrogens with one attached hydrogen (secondary N) is 1. The Morgan fingerprint density at radius 1 is 1.30 bits per heavy atom. The Hall–Kier alpha value is -2.38. The summed E-state index contributed by atoms with van der Waals surface area (Å²) in [6, 6.07) is 15.1. The number of hydrogen-bond donors (Lipinski definition) is 2. The summed E-state index contributed by atoms with van der Waals surface area (Å²) in [5, 5.41) is 22.2. The summed E-state index contributed by atoms with van der Waals surface area (Å²) in [6.45, 7) is 1.98. The van der Waals surface area contributed by atoms with Crippen LogP contribution in [0.4, 0.5) is 5.82 Å². The largest absolute Gasteiger partial charge is 0.388 e. The van der Waals surface area contributed by atoms with Crippen LogP contribution in [0.3, 0.4) is 0 Å². The maximum absolute atomic E-state index is 10.2. The standard InChI is InChI=1S/C16H17N3O/c1-12(9-15(20)14-5-3-2-4-6-14)19-16-10-13(11-17)7-8-18-16/h2-8,10,12,15,20H,9H2,1H3,(H,18,19)/t12-,15-/m0/s1. The van der Waals surface area contributed by atoms with Gasteiger partial charge >= 0.3 is 0 Å². The molecule has 1 aromatic carbocycles. The van der Waals surface area contributed by atoms with Gasteiger partial charge in [0.1, 0.15) is 5.82 Å². The Kier molecular flexibility index (Phi) is 4.70. The maximum Gasteiger partial charge on any atom is 0.127 e. The fraction of sp³-hybridized carbons (Fsp3) is 0.250. The van der Waals surface area contributed by atoms with Crippen LogP contribution in [-0.2, 0) is 0 Å². The Bertz CT molecular complexity index is 592. The second kappa shape index (κ2) is 6.69. The van der Waals surface area contributed by atoms with Crippen LogP contribution < -0.4 is 5.32 Å². The first kappa shape index (κ1) is 14.0. The first-order chi connectivity index (χ1) is 9.69. The van der Waals surface area contributed by atoms with E-state index in [1.165, 1.54) is 0 Å². The molecule has 4 heteroatoms. The Morgan fingerprint density at radius 2 is 2.05 bits per heavy atom. The van der Waals surface area contributed by atoms with Gasteiger partial charge in [-0.2, -0.15) is 5.26 Å². The number of pyridine rings is 1. The lowest BCUT2D eigenvalue weighted by Gasteiger charge is -2.18. The summed E-state index contributed by atoms with van der Waals surface area (Å²) in [5.74, 6) is 0.650. The lowest BCUT2D eigenvalue weighted by atomic mass is 10.0. The van der Waals surface area contributed by atoms with E-state index in [1.54, 1.807) is 18.3 Å². The van der Waals surface area contributed by atoms with Crippen LogP contribution >= 0.6 is 0 Å². The molecule has 2 N–H and O–H groups in total. The van der Waals surface area contributed by atoms with Crippen molar-refractivity contribution in [2.75, 3.05) is 5.32 Å². The summed E-state index contributed by atoms with van der Waals surface area (Å²) >= 11 is 0. The van der Waals surface area contributed by atoms with Crippen LogP contribution in [0.25, 0.3) is 0 Å². The molecule has 2 aromatic rings. The van der Waals surface area contributed by atoms with E-state index in [1.807, 2.05) is 37.3 Å². The molecule has 2 atom stereocenters. The molecule has 0 saturated carbocycles. The molecule has 102 valence electrons. The van der Waals surface area contributed by atoms with Crippen molar-refractivity contribution in [2.24, 2.45) is 0 Å². The molecular weight excluding hydrogens is 250 g/mol. The first-order valence-corrected chi connectivity index (χ1v) is 6.54. The maximum atomic E-state index is 10.2. The van der Waals surface area contributed by atoms with Crippen molar-refractivity contribution >= 4 is 5.82 Å². The zero-order chi connectivity index (χ0) is 14.4. The zero-order valence-corrected chi connectivity index (χ0v) is 11.3. The lowest BCUT2D eigenvalue weighted by Crippen LogP contribution is -2.19. The van der Waals surface area contributed by atoms with E-state index in [0.29, 0.717) is 17.8 Å². The van der Waals surface area contributed by atoms with Crippen molar-refractivity contribution < 1.29 is 5.11 Å². The molecule has 0 bridgehead atoms. The zero-order valence-electron chi connectivity index (χ0n) is 11.3. The number of hydrogen-bond acceptors (Lipinski definition) is 4. The van der Waals surface area contributed by atoms with E-state index in [-0.39, 0.29) is 6.04 Å². The number of aromatic nitrogens is 1. The minimum Gasteiger partial charge on any atom is -0.388 e. The predicted molar refractivity (Wildman–Crippen MR) is 78.1 cm³/mol. The molecule has 20 heavy (non-hydrogen) atoms. The van der Waals surface area contributed by atoms with Crippen LogP contribution in [0.15, 0.2) is 48.7 Å². The molecule has 2 rings (SSSR count). The molecule has 0 fully saturated rings. The van der Waals surface area contributed by atoms with Crippen molar-refractivity contribution in [1.29, 1.82) is 5.26 Å². The summed E-state index contributed by atoms with van der Waals surface area (Å²) in [5.41, 5.74) is 1.47. The number of nitriles is 1. The third-order valence-electron chi connectivity index (χ3n) is 3.04. The molecule has 0 aliphatic rings. The van der Waals surface area contributed by atoms with Gasteiger partial charge in [0.2, 0.25) is 0 Å². The molecule has 1 aromatic heterocycles. The molecule has 1 heterocycles. The van der Waals surface area contributed by atoms with Gasteiger partial charge < -0.3 is 10.4 Å². The fourth-order valence-electron chi connectivity index (χ4n) is 2.04. The van der Waals surface area contributed by atoms with Crippen LogP contribution in [0.2, 0.25) is 0 Å². The van der Waals surface area contributed by atoms with Gasteiger partial charge in [-0.25, -0.2) is 4.98 Å². The minimum atomic E-state index is -0.516. The average molecular weight is 267 g/mol. The highest BCUT2D eigenvalue weighted by Gasteiger charge is 2.12. The van der Waals surface area contributed by atoms with Crippen molar-refractivity contribution in [3.63, 3.8) is 0 Å². The Balaban J connectivity index is 1.95. The molecule has 4 nitrogen and oxygen atoms in total. The number of rotatable bonds is 5. The van der Waals surface area contributed by atoms with E-state index in [0.717, 1.165) is 5.56 Å². The van der Waals surface area contributed by atoms with Crippen LogP contribution in [-0.4, -0.2) is 16.1 Å². The van der Waals surface area contributed by atoms with E-state index in [9.17, 15) is 5.11 Å². The summed E-state index contributed by atoms with van der Waals surface area (Å²) < 4.78 is 0. The normalized spacial score (nSPS) is 13.2. The Morgan fingerprint density at radius 3 is 2.75 bits per heavy atom. The number of benzene rings is 1. The van der Waals surface area contributed by atoms with Gasteiger partial charge in [-0.15, -0.1) is 0 Å². The van der Waals surface area contributed by atoms with E-state index in [2.05, 4.69) is 16.4 Å². The molecule has 0 spiro atoms. The van der Waals surface area contributed by atoms with Gasteiger partial charge in [-0.05, 0) is 31.0 Å². The van der Waals surface area contributed by atoms with Crippen LogP contribution in [0.5, 0.6) is 0 Å². The lowest BCUT2D eigenvalue weighted by molar-refractivity contribution is 0.162. The summed E-state index contributed by atoms with van der Waals surface area (Å²) in [4.78, 5) is 4.16. The van der Waals surface area contributed by atoms with Gasteiger partial charge in [0.05, 0.1) is 17.7 Å². The quantitative estimate of drug-likeness (QED) is 0.874. The molecule has 0 unspecified atom stereocenters. The fourth-order valence-corrected chi connectivity index (χ4v) is 2.04. The second-order valence-corrected chi connectivity index (χ2v) is 4.75. The van der Waals surface area contributed by atoms with Gasteiger partial charge in [-0.3, -0.25) is 0 Å². The van der Waals surface area contributed by atoms with Crippen LogP contribution in [0.1, 0.15) is 30.6 Å². The molecule has 0 saturated heterocycles. The number of nitrogens with zero attached hydrogens (tertiary/aromatic N) is 2. The van der Waals surface area contributed by atoms with Crippen LogP contribution in [0, 0.1) is 11.3 Å². The minimum absolute atomic E-state index is 0.0478. The van der Waals surface area contributed by atoms with Gasteiger partial charge in [-0.1, -0.05) is 30.3 Å². The summed E-state index contributed by atoms with van der Waals surface area (Å²) in [7, 11) is 0. The highest BCUT2D eigenvalue weighted by molar-refractivity contribution is 5.42. The van der Waals surface area contributed by atoms with Crippen molar-refractivity contribution in [3.8, 4) is 6.07 Å². The van der Waals surface area contributed by atoms with Gasteiger partial charge in [0.15, 0.2) is 0 Å². The van der Waals surface area contributed by atoms with E-state index < -0.39 is 6.10 Å². The SMILES string of the molecule is C[C@@H](C[C@H](O)c1ccccc1)Nc1cc(C#N)ccn1. The average Bonchev–Trinajstić information content (AvgIpc) is 2.48. The van der Waals surface area contributed by atoms with E-state index >= 15 is 0 Å². The molecular formula is C16H17N3O. The van der Waals surface area contributed by atoms with E-state index in [4.69, 9.17) is 5.26 Å². The Labute approximate surface area is 118 Å². The molecule has 0 radical (unpaired) electrons. The summed E-state index contributed by atoms with van der Waals surface area (Å²) in [6.07, 6.45) is 1.65. The highest BCUT2D eigenvalue weighted by Crippen LogP contribution is 2.19. The monoisotopic (exact) mass is 267 g/mol. The smallest absolute Gasteiger partial charge is 0.127 e. The molecule has 0 aliphatic carbocycles. The third kappa shape index (κ3) is 3.81. The third-order valence-corrected chi connectivity index (χ3v) is 3.04. The molecule has 0 aliphatic heterocycles. The highest BCUT2D eigenvalue weighted by atomic mass is 16.3. The van der Waals surface area contributed by atoms with Gasteiger partial charge in [0, 0.05) is 12.2 Å². The van der Waals surface area contributed by atoms with Gasteiger partial charge in [0.25, 0.3) is 0 Å². The molecule has 0 amide bonds. The van der Waals surface area contributed by atoms with Crippen molar-refractivity contribution in [1.82, 2.24) is 4.98 Å². The number of aliphatic hydroxyl groups is 1. The second-order valence-electron chi connectivity index (χ2n) is 4.75. The first-order valence-electron chi connectivity index (χ1n) is 6.54. The number of anilines is 1.